The summed E-state index contributed by atoms with van der Waals surface area (Å²) in [6.07, 6.45) is 3.70. The van der Waals surface area contributed by atoms with Crippen molar-refractivity contribution in [1.29, 1.82) is 0 Å². The summed E-state index contributed by atoms with van der Waals surface area (Å²) in [5, 5.41) is 0. The van der Waals surface area contributed by atoms with Gasteiger partial charge >= 0.3 is 5.97 Å². The first-order valence-electron chi connectivity index (χ1n) is 4.03. The van der Waals surface area contributed by atoms with Crippen LogP contribution in [0.3, 0.4) is 0 Å². The fraction of sp³-hybridized carbons (Fsp3) is 0.500. The molecule has 0 amide bonds. The number of ether oxygens (including phenoxy) is 1. The number of methoxy groups -OCH3 is 1. The number of imidazole rings is 1. The van der Waals surface area contributed by atoms with Gasteiger partial charge in [-0.2, -0.15) is 0 Å². The molecule has 72 valence electrons. The Kier molecular flexibility index (Phi) is 3.45. The molecule has 5 nitrogen and oxygen atoms in total. The number of hydrogen-bond donors (Lipinski definition) is 1. The highest BCUT2D eigenvalue weighted by molar-refractivity contribution is 5.68. The lowest BCUT2D eigenvalue weighted by atomic mass is 10.4. The SMILES string of the molecule is COC(=O)CCn1cncc1CN. The highest BCUT2D eigenvalue weighted by atomic mass is 16.5. The largest absolute Gasteiger partial charge is 0.469 e. The highest BCUT2D eigenvalue weighted by Gasteiger charge is 2.03. The Hall–Kier alpha value is -1.36. The first-order valence-corrected chi connectivity index (χ1v) is 4.03. The molecule has 13 heavy (non-hydrogen) atoms. The second-order valence-corrected chi connectivity index (χ2v) is 2.61. The van der Waals surface area contributed by atoms with Crippen LogP contribution in [-0.2, 0) is 22.6 Å². The zero-order chi connectivity index (χ0) is 9.68. The number of hydrogen-bond acceptors (Lipinski definition) is 4. The Bertz CT molecular complexity index is 283. The van der Waals surface area contributed by atoms with E-state index in [-0.39, 0.29) is 5.97 Å². The summed E-state index contributed by atoms with van der Waals surface area (Å²) in [6.45, 7) is 1.00. The molecule has 0 spiro atoms. The summed E-state index contributed by atoms with van der Waals surface area (Å²) in [6, 6.07) is 0. The molecular weight excluding hydrogens is 170 g/mol. The number of carbonyl (C=O) groups excluding carboxylic acids is 1. The molecule has 0 saturated carbocycles. The van der Waals surface area contributed by atoms with Crippen molar-refractivity contribution in [3.8, 4) is 0 Å². The molecule has 1 aromatic heterocycles. The predicted molar refractivity (Wildman–Crippen MR) is 46.8 cm³/mol. The number of nitrogens with two attached hydrogens (primary N) is 1. The van der Waals surface area contributed by atoms with Crippen LogP contribution in [0.1, 0.15) is 12.1 Å². The Labute approximate surface area is 76.5 Å². The number of aryl methyl sites for hydroxylation is 1. The fourth-order valence-electron chi connectivity index (χ4n) is 1.03. The van der Waals surface area contributed by atoms with E-state index in [2.05, 4.69) is 9.72 Å². The molecule has 0 saturated heterocycles. The van der Waals surface area contributed by atoms with E-state index in [1.54, 1.807) is 12.5 Å². The summed E-state index contributed by atoms with van der Waals surface area (Å²) in [7, 11) is 1.38. The predicted octanol–water partition coefficient (Wildman–Crippen LogP) is -0.0951. The minimum absolute atomic E-state index is 0.225. The van der Waals surface area contributed by atoms with Crippen LogP contribution < -0.4 is 5.73 Å². The normalized spacial score (nSPS) is 10.0. The molecule has 1 heterocycles. The van der Waals surface area contributed by atoms with Crippen LogP contribution in [0.25, 0.3) is 0 Å². The van der Waals surface area contributed by atoms with Crippen LogP contribution in [0.5, 0.6) is 0 Å². The van der Waals surface area contributed by atoms with E-state index in [4.69, 9.17) is 5.73 Å². The van der Waals surface area contributed by atoms with Gasteiger partial charge in [0.2, 0.25) is 0 Å². The van der Waals surface area contributed by atoms with Crippen molar-refractivity contribution in [3.63, 3.8) is 0 Å². The van der Waals surface area contributed by atoms with E-state index >= 15 is 0 Å². The summed E-state index contributed by atoms with van der Waals surface area (Å²) < 4.78 is 6.36. The van der Waals surface area contributed by atoms with Gasteiger partial charge in [-0.25, -0.2) is 4.98 Å². The molecule has 2 N–H and O–H groups in total. The third-order valence-corrected chi connectivity index (χ3v) is 1.79. The molecule has 1 rings (SSSR count). The van der Waals surface area contributed by atoms with Crippen LogP contribution >= 0.6 is 0 Å². The van der Waals surface area contributed by atoms with Crippen molar-refractivity contribution < 1.29 is 9.53 Å². The Morgan fingerprint density at radius 2 is 2.54 bits per heavy atom. The molecule has 0 fully saturated rings. The molecule has 0 bridgehead atoms. The zero-order valence-electron chi connectivity index (χ0n) is 7.56. The van der Waals surface area contributed by atoms with E-state index in [1.165, 1.54) is 7.11 Å². The topological polar surface area (TPSA) is 70.1 Å². The quantitative estimate of drug-likeness (QED) is 0.662. The number of esters is 1. The second kappa shape index (κ2) is 4.61. The van der Waals surface area contributed by atoms with Gasteiger partial charge in [0.25, 0.3) is 0 Å². The van der Waals surface area contributed by atoms with Crippen molar-refractivity contribution >= 4 is 5.97 Å². The van der Waals surface area contributed by atoms with E-state index in [0.29, 0.717) is 19.5 Å². The van der Waals surface area contributed by atoms with Crippen LogP contribution in [0, 0.1) is 0 Å². The first-order chi connectivity index (χ1) is 6.27. The minimum atomic E-state index is -0.225. The maximum absolute atomic E-state index is 10.8. The lowest BCUT2D eigenvalue weighted by molar-refractivity contribution is -0.140. The fourth-order valence-corrected chi connectivity index (χ4v) is 1.03. The van der Waals surface area contributed by atoms with Crippen molar-refractivity contribution in [2.24, 2.45) is 5.73 Å². The van der Waals surface area contributed by atoms with E-state index < -0.39 is 0 Å². The molecule has 0 unspecified atom stereocenters. The zero-order valence-corrected chi connectivity index (χ0v) is 7.56. The maximum Gasteiger partial charge on any atom is 0.307 e. The number of rotatable bonds is 4. The molecule has 0 radical (unpaired) electrons. The molecule has 0 aliphatic rings. The summed E-state index contributed by atoms with van der Waals surface area (Å²) >= 11 is 0. The van der Waals surface area contributed by atoms with Crippen LogP contribution in [0.15, 0.2) is 12.5 Å². The van der Waals surface area contributed by atoms with Gasteiger partial charge in [-0.1, -0.05) is 0 Å². The third-order valence-electron chi connectivity index (χ3n) is 1.79. The molecular formula is C8H13N3O2. The number of aromatic nitrogens is 2. The Morgan fingerprint density at radius 1 is 1.77 bits per heavy atom. The van der Waals surface area contributed by atoms with Crippen LogP contribution in [-0.4, -0.2) is 22.6 Å². The number of carbonyl (C=O) groups is 1. The minimum Gasteiger partial charge on any atom is -0.469 e. The second-order valence-electron chi connectivity index (χ2n) is 2.61. The van der Waals surface area contributed by atoms with Gasteiger partial charge < -0.3 is 15.0 Å². The van der Waals surface area contributed by atoms with E-state index in [0.717, 1.165) is 5.69 Å². The standard InChI is InChI=1S/C8H13N3O2/c1-13-8(12)2-3-11-6-10-5-7(11)4-9/h5-6H,2-4,9H2,1H3. The maximum atomic E-state index is 10.8. The lowest BCUT2D eigenvalue weighted by Crippen LogP contribution is -2.10. The number of nitrogens with zero attached hydrogens (tertiary/aromatic N) is 2. The van der Waals surface area contributed by atoms with Gasteiger partial charge in [-0.15, -0.1) is 0 Å². The van der Waals surface area contributed by atoms with Crippen LogP contribution in [0.2, 0.25) is 0 Å². The average Bonchev–Trinajstić information content (AvgIpc) is 2.61. The van der Waals surface area contributed by atoms with Gasteiger partial charge in [-0.05, 0) is 0 Å². The Morgan fingerprint density at radius 3 is 3.15 bits per heavy atom. The van der Waals surface area contributed by atoms with Gasteiger partial charge in [0, 0.05) is 19.3 Å². The molecule has 1 aromatic rings. The smallest absolute Gasteiger partial charge is 0.307 e. The van der Waals surface area contributed by atoms with E-state index in [9.17, 15) is 4.79 Å². The monoisotopic (exact) mass is 183 g/mol. The third kappa shape index (κ3) is 2.55. The van der Waals surface area contributed by atoms with E-state index in [1.807, 2.05) is 4.57 Å². The van der Waals surface area contributed by atoms with Gasteiger partial charge in [0.15, 0.2) is 0 Å². The molecule has 0 aromatic carbocycles. The van der Waals surface area contributed by atoms with Gasteiger partial charge in [-0.3, -0.25) is 4.79 Å². The molecule has 5 heteroatoms. The summed E-state index contributed by atoms with van der Waals surface area (Å²) in [4.78, 5) is 14.7. The molecule has 0 aliphatic carbocycles. The summed E-state index contributed by atoms with van der Waals surface area (Å²) in [5.74, 6) is -0.225. The van der Waals surface area contributed by atoms with Crippen molar-refractivity contribution in [1.82, 2.24) is 9.55 Å². The molecule has 0 aliphatic heterocycles. The van der Waals surface area contributed by atoms with Crippen molar-refractivity contribution in [3.05, 3.63) is 18.2 Å². The van der Waals surface area contributed by atoms with Crippen LogP contribution in [0.4, 0.5) is 0 Å². The highest BCUT2D eigenvalue weighted by Crippen LogP contribution is 1.99. The van der Waals surface area contributed by atoms with Crippen molar-refractivity contribution in [2.45, 2.75) is 19.5 Å². The molecule has 0 atom stereocenters. The average molecular weight is 183 g/mol. The van der Waals surface area contributed by atoms with Gasteiger partial charge in [0.1, 0.15) is 0 Å². The van der Waals surface area contributed by atoms with Gasteiger partial charge in [0.05, 0.1) is 25.6 Å². The van der Waals surface area contributed by atoms with Crippen molar-refractivity contribution in [2.75, 3.05) is 7.11 Å². The Balaban J connectivity index is 2.49. The summed E-state index contributed by atoms with van der Waals surface area (Å²) in [5.41, 5.74) is 6.38. The lowest BCUT2D eigenvalue weighted by Gasteiger charge is -2.04. The first kappa shape index (κ1) is 9.73.